The Morgan fingerprint density at radius 2 is 2.11 bits per heavy atom. The van der Waals surface area contributed by atoms with Crippen molar-refractivity contribution in [1.29, 1.82) is 0 Å². The van der Waals surface area contributed by atoms with E-state index in [0.29, 0.717) is 6.61 Å². The largest absolute Gasteiger partial charge is 0.465 e. The molecule has 1 N–H and O–H groups in total. The number of unbranched alkanes of at least 4 members (excludes halogenated alkanes) is 1. The van der Waals surface area contributed by atoms with Gasteiger partial charge in [-0.05, 0) is 31.4 Å². The van der Waals surface area contributed by atoms with Gasteiger partial charge in [0.15, 0.2) is 0 Å². The van der Waals surface area contributed by atoms with Crippen molar-refractivity contribution in [1.82, 2.24) is 5.32 Å². The first kappa shape index (κ1) is 14.7. The number of ether oxygens (including phenoxy) is 1. The molecule has 0 heterocycles. The number of nitrogens with one attached hydrogen (secondary N) is 1. The summed E-state index contributed by atoms with van der Waals surface area (Å²) in [5, 5.41) is 3.19. The van der Waals surface area contributed by atoms with E-state index in [1.807, 2.05) is 12.1 Å². The van der Waals surface area contributed by atoms with E-state index < -0.39 is 0 Å². The van der Waals surface area contributed by atoms with Crippen LogP contribution in [0.4, 0.5) is 0 Å². The lowest BCUT2D eigenvalue weighted by Gasteiger charge is -2.16. The first-order chi connectivity index (χ1) is 8.65. The van der Waals surface area contributed by atoms with E-state index in [1.165, 1.54) is 11.1 Å². The van der Waals surface area contributed by atoms with Crippen LogP contribution in [0.1, 0.15) is 43.9 Å². The standard InChI is InChI=1S/C15H23NO2/c1-4-5-10-18-15(17)11-16-13(3)14-9-7-6-8-12(14)2/h6-9,13,16H,4-5,10-11H2,1-3H3/t13-/m0/s1. The Hall–Kier alpha value is -1.35. The van der Waals surface area contributed by atoms with Crippen molar-refractivity contribution in [3.05, 3.63) is 35.4 Å². The van der Waals surface area contributed by atoms with E-state index >= 15 is 0 Å². The summed E-state index contributed by atoms with van der Waals surface area (Å²) < 4.78 is 5.10. The van der Waals surface area contributed by atoms with Gasteiger partial charge in [-0.15, -0.1) is 0 Å². The van der Waals surface area contributed by atoms with E-state index in [9.17, 15) is 4.79 Å². The third kappa shape index (κ3) is 4.88. The summed E-state index contributed by atoms with van der Waals surface area (Å²) in [7, 11) is 0. The fraction of sp³-hybridized carbons (Fsp3) is 0.533. The van der Waals surface area contributed by atoms with Gasteiger partial charge in [0, 0.05) is 6.04 Å². The molecule has 1 rings (SSSR count). The maximum Gasteiger partial charge on any atom is 0.319 e. The molecule has 1 aromatic carbocycles. The molecule has 1 aromatic rings. The third-order valence-corrected chi connectivity index (χ3v) is 2.97. The minimum Gasteiger partial charge on any atom is -0.465 e. The monoisotopic (exact) mass is 249 g/mol. The van der Waals surface area contributed by atoms with Gasteiger partial charge in [-0.3, -0.25) is 4.79 Å². The molecule has 3 nitrogen and oxygen atoms in total. The normalized spacial score (nSPS) is 12.2. The second kappa shape index (κ2) is 7.88. The molecule has 0 saturated carbocycles. The summed E-state index contributed by atoms with van der Waals surface area (Å²) in [4.78, 5) is 11.5. The summed E-state index contributed by atoms with van der Waals surface area (Å²) in [6.07, 6.45) is 1.97. The van der Waals surface area contributed by atoms with Crippen LogP contribution in [0.25, 0.3) is 0 Å². The highest BCUT2D eigenvalue weighted by atomic mass is 16.5. The van der Waals surface area contributed by atoms with E-state index in [1.54, 1.807) is 0 Å². The highest BCUT2D eigenvalue weighted by Crippen LogP contribution is 2.16. The summed E-state index contributed by atoms with van der Waals surface area (Å²) in [5.74, 6) is -0.177. The zero-order valence-electron chi connectivity index (χ0n) is 11.5. The molecule has 0 aliphatic rings. The molecule has 0 aliphatic heterocycles. The average molecular weight is 249 g/mol. The van der Waals surface area contributed by atoms with Crippen LogP contribution >= 0.6 is 0 Å². The molecule has 18 heavy (non-hydrogen) atoms. The number of rotatable bonds is 7. The summed E-state index contributed by atoms with van der Waals surface area (Å²) in [6, 6.07) is 8.34. The minimum atomic E-state index is -0.177. The van der Waals surface area contributed by atoms with E-state index in [2.05, 4.69) is 38.2 Å². The van der Waals surface area contributed by atoms with E-state index in [0.717, 1.165) is 12.8 Å². The van der Waals surface area contributed by atoms with Crippen molar-refractivity contribution in [2.75, 3.05) is 13.2 Å². The third-order valence-electron chi connectivity index (χ3n) is 2.97. The second-order valence-electron chi connectivity index (χ2n) is 4.53. The van der Waals surface area contributed by atoms with Crippen molar-refractivity contribution >= 4 is 5.97 Å². The predicted octanol–water partition coefficient (Wildman–Crippen LogP) is 2.99. The van der Waals surface area contributed by atoms with Crippen LogP contribution in [0.5, 0.6) is 0 Å². The number of carbonyl (C=O) groups excluding carboxylic acids is 1. The molecule has 0 saturated heterocycles. The van der Waals surface area contributed by atoms with E-state index in [-0.39, 0.29) is 18.6 Å². The van der Waals surface area contributed by atoms with Gasteiger partial charge in [0.1, 0.15) is 0 Å². The van der Waals surface area contributed by atoms with Crippen LogP contribution in [0, 0.1) is 6.92 Å². The molecule has 3 heteroatoms. The first-order valence-electron chi connectivity index (χ1n) is 6.59. The van der Waals surface area contributed by atoms with Crippen molar-refractivity contribution in [3.63, 3.8) is 0 Å². The van der Waals surface area contributed by atoms with Gasteiger partial charge in [-0.25, -0.2) is 0 Å². The van der Waals surface area contributed by atoms with Gasteiger partial charge >= 0.3 is 5.97 Å². The van der Waals surface area contributed by atoms with Gasteiger partial charge in [0.2, 0.25) is 0 Å². The number of aryl methyl sites for hydroxylation is 1. The summed E-state index contributed by atoms with van der Waals surface area (Å²) >= 11 is 0. The number of hydrogen-bond donors (Lipinski definition) is 1. The lowest BCUT2D eigenvalue weighted by molar-refractivity contribution is -0.142. The molecule has 0 aromatic heterocycles. The maximum absolute atomic E-state index is 11.5. The zero-order chi connectivity index (χ0) is 13.4. The van der Waals surface area contributed by atoms with Gasteiger partial charge in [0.05, 0.1) is 13.2 Å². The van der Waals surface area contributed by atoms with Crippen LogP contribution in [0.15, 0.2) is 24.3 Å². The van der Waals surface area contributed by atoms with Crippen LogP contribution in [-0.2, 0) is 9.53 Å². The van der Waals surface area contributed by atoms with Crippen LogP contribution in [0.3, 0.4) is 0 Å². The van der Waals surface area contributed by atoms with Crippen molar-refractivity contribution in [3.8, 4) is 0 Å². The molecule has 0 aliphatic carbocycles. The van der Waals surface area contributed by atoms with E-state index in [4.69, 9.17) is 4.74 Å². The zero-order valence-corrected chi connectivity index (χ0v) is 11.5. The molecule has 100 valence electrons. The van der Waals surface area contributed by atoms with Crippen molar-refractivity contribution in [2.24, 2.45) is 0 Å². The van der Waals surface area contributed by atoms with Gasteiger partial charge in [-0.1, -0.05) is 37.6 Å². The fourth-order valence-electron chi connectivity index (χ4n) is 1.80. The number of carbonyl (C=O) groups is 1. The Kier molecular flexibility index (Phi) is 6.44. The fourth-order valence-corrected chi connectivity index (χ4v) is 1.80. The highest BCUT2D eigenvalue weighted by Gasteiger charge is 2.09. The summed E-state index contributed by atoms with van der Waals surface area (Å²) in [5.41, 5.74) is 2.45. The molecular weight excluding hydrogens is 226 g/mol. The number of hydrogen-bond acceptors (Lipinski definition) is 3. The predicted molar refractivity (Wildman–Crippen MR) is 73.5 cm³/mol. The van der Waals surface area contributed by atoms with Crippen LogP contribution < -0.4 is 5.32 Å². The maximum atomic E-state index is 11.5. The molecular formula is C15H23NO2. The smallest absolute Gasteiger partial charge is 0.319 e. The molecule has 0 radical (unpaired) electrons. The Morgan fingerprint density at radius 1 is 1.39 bits per heavy atom. The molecule has 0 spiro atoms. The lowest BCUT2D eigenvalue weighted by atomic mass is 10.0. The number of esters is 1. The van der Waals surface area contributed by atoms with Gasteiger partial charge in [-0.2, -0.15) is 0 Å². The Balaban J connectivity index is 2.35. The topological polar surface area (TPSA) is 38.3 Å². The van der Waals surface area contributed by atoms with Gasteiger partial charge < -0.3 is 10.1 Å². The molecule has 0 bridgehead atoms. The quantitative estimate of drug-likeness (QED) is 0.596. The number of benzene rings is 1. The second-order valence-corrected chi connectivity index (χ2v) is 4.53. The van der Waals surface area contributed by atoms with Gasteiger partial charge in [0.25, 0.3) is 0 Å². The van der Waals surface area contributed by atoms with Crippen LogP contribution in [0.2, 0.25) is 0 Å². The first-order valence-corrected chi connectivity index (χ1v) is 6.59. The highest BCUT2D eigenvalue weighted by molar-refractivity contribution is 5.71. The van der Waals surface area contributed by atoms with Crippen molar-refractivity contribution in [2.45, 2.75) is 39.7 Å². The minimum absolute atomic E-state index is 0.157. The Bertz CT molecular complexity index is 377. The van der Waals surface area contributed by atoms with Crippen molar-refractivity contribution < 1.29 is 9.53 Å². The molecule has 0 unspecified atom stereocenters. The molecule has 1 atom stereocenters. The average Bonchev–Trinajstić information content (AvgIpc) is 2.37. The Morgan fingerprint density at radius 3 is 2.78 bits per heavy atom. The summed E-state index contributed by atoms with van der Waals surface area (Å²) in [6.45, 7) is 7.00. The Labute approximate surface area is 110 Å². The molecule has 0 fully saturated rings. The molecule has 0 amide bonds. The lowest BCUT2D eigenvalue weighted by Crippen LogP contribution is -2.27. The SMILES string of the molecule is CCCCOC(=O)CN[C@@H](C)c1ccccc1C. The van der Waals surface area contributed by atoms with Crippen LogP contribution in [-0.4, -0.2) is 19.1 Å².